The molecule has 12 heteroatoms. The molecule has 0 saturated carbocycles. The summed E-state index contributed by atoms with van der Waals surface area (Å²) in [7, 11) is 0. The first-order valence-electron chi connectivity index (χ1n) is 11.1. The maximum Gasteiger partial charge on any atom is 0.337 e. The average molecular weight is 534 g/mol. The summed E-state index contributed by atoms with van der Waals surface area (Å²) in [6.07, 6.45) is 5.31. The van der Waals surface area contributed by atoms with Crippen molar-refractivity contribution in [2.24, 2.45) is 16.0 Å². The number of anilines is 2. The number of carbonyl (C=O) groups is 3. The number of halogens is 1. The van der Waals surface area contributed by atoms with Crippen molar-refractivity contribution in [3.8, 4) is 0 Å². The minimum atomic E-state index is -1.14. The summed E-state index contributed by atoms with van der Waals surface area (Å²) in [6.45, 7) is 3.25. The Hall–Kier alpha value is -4.87. The Labute approximate surface area is 223 Å². The van der Waals surface area contributed by atoms with Crippen LogP contribution in [0.2, 0.25) is 5.02 Å². The normalized spacial score (nSPS) is 11.7. The molecule has 0 bridgehead atoms. The van der Waals surface area contributed by atoms with Gasteiger partial charge in [-0.1, -0.05) is 41.9 Å². The first kappa shape index (κ1) is 27.7. The van der Waals surface area contributed by atoms with Gasteiger partial charge < -0.3 is 15.7 Å². The van der Waals surface area contributed by atoms with Crippen molar-refractivity contribution in [2.75, 3.05) is 10.3 Å². The Morgan fingerprint density at radius 2 is 1.92 bits per heavy atom. The van der Waals surface area contributed by atoms with Gasteiger partial charge in [0.05, 0.1) is 11.3 Å². The van der Waals surface area contributed by atoms with E-state index in [0.717, 1.165) is 11.8 Å². The van der Waals surface area contributed by atoms with E-state index in [1.54, 1.807) is 18.2 Å². The number of carboxylic acids is 1. The number of pyridine rings is 1. The second-order valence-corrected chi connectivity index (χ2v) is 8.23. The Kier molecular flexibility index (Phi) is 9.80. The lowest BCUT2D eigenvalue weighted by atomic mass is 10.0. The van der Waals surface area contributed by atoms with E-state index in [1.165, 1.54) is 35.6 Å². The molecule has 11 nitrogen and oxygen atoms in total. The number of nitrogens with one attached hydrogen (secondary N) is 2. The minimum Gasteiger partial charge on any atom is -0.478 e. The molecule has 0 unspecified atom stereocenters. The summed E-state index contributed by atoms with van der Waals surface area (Å²) in [5.41, 5.74) is 1.79. The van der Waals surface area contributed by atoms with Crippen LogP contribution < -0.4 is 21.5 Å². The lowest BCUT2D eigenvalue weighted by Gasteiger charge is -2.18. The van der Waals surface area contributed by atoms with Crippen LogP contribution in [0.3, 0.4) is 0 Å². The maximum atomic E-state index is 13.1. The summed E-state index contributed by atoms with van der Waals surface area (Å²) in [4.78, 5) is 40.9. The molecule has 194 valence electrons. The number of hydrogen-bond acceptors (Lipinski definition) is 7. The van der Waals surface area contributed by atoms with Crippen LogP contribution >= 0.6 is 11.6 Å². The molecule has 0 aliphatic heterocycles. The van der Waals surface area contributed by atoms with Gasteiger partial charge >= 0.3 is 5.97 Å². The number of carboxylic acid groups (broad SMARTS) is 1. The number of nitrogens with two attached hydrogens (primary N) is 1. The van der Waals surface area contributed by atoms with Gasteiger partial charge in [0.25, 0.3) is 0 Å². The van der Waals surface area contributed by atoms with Gasteiger partial charge in [0, 0.05) is 36.0 Å². The Morgan fingerprint density at radius 1 is 1.16 bits per heavy atom. The molecule has 0 fully saturated rings. The number of hydrogen-bond donors (Lipinski definition) is 4. The average Bonchev–Trinajstić information content (AvgIpc) is 2.91. The fraction of sp³-hybridized carbons (Fsp3) is 0.0769. The zero-order valence-electron chi connectivity index (χ0n) is 20.0. The predicted octanol–water partition coefficient (Wildman–Crippen LogP) is 3.14. The van der Waals surface area contributed by atoms with Gasteiger partial charge in [-0.25, -0.2) is 15.6 Å². The zero-order valence-corrected chi connectivity index (χ0v) is 20.7. The van der Waals surface area contributed by atoms with E-state index < -0.39 is 23.8 Å². The third-order valence-electron chi connectivity index (χ3n) is 5.12. The largest absolute Gasteiger partial charge is 0.478 e. The highest BCUT2D eigenvalue weighted by Gasteiger charge is 2.21. The van der Waals surface area contributed by atoms with E-state index in [0.29, 0.717) is 16.3 Å². The van der Waals surface area contributed by atoms with Crippen molar-refractivity contribution in [1.82, 2.24) is 10.3 Å². The molecule has 1 heterocycles. The highest BCUT2D eigenvalue weighted by atomic mass is 35.5. The second kappa shape index (κ2) is 13.4. The highest BCUT2D eigenvalue weighted by molar-refractivity contribution is 6.30. The fourth-order valence-corrected chi connectivity index (χ4v) is 3.48. The number of aromatic nitrogens is 1. The number of nitrogens with zero attached hydrogens (tertiary/aromatic N) is 4. The molecule has 1 atom stereocenters. The SMILES string of the molecule is C=N/N=C\N(N)c1ccc(Cl)cc1/C=C/C(=O)N[C@@H](Cc1ccccc1)C(=O)Nc1ccc(C(=O)O)cn1. The first-order chi connectivity index (χ1) is 18.3. The van der Waals surface area contributed by atoms with E-state index in [-0.39, 0.29) is 17.8 Å². The molecule has 0 aliphatic rings. The third-order valence-corrected chi connectivity index (χ3v) is 5.35. The Bertz CT molecular complexity index is 1360. The number of amides is 2. The number of aromatic carboxylic acids is 1. The van der Waals surface area contributed by atoms with E-state index in [1.807, 2.05) is 30.3 Å². The molecule has 1 aromatic heterocycles. The molecule has 38 heavy (non-hydrogen) atoms. The van der Waals surface area contributed by atoms with E-state index in [9.17, 15) is 14.4 Å². The number of carbonyl (C=O) groups excluding carboxylic acids is 2. The van der Waals surface area contributed by atoms with Crippen LogP contribution in [0.5, 0.6) is 0 Å². The van der Waals surface area contributed by atoms with E-state index >= 15 is 0 Å². The molecule has 0 spiro atoms. The monoisotopic (exact) mass is 533 g/mol. The molecule has 2 aromatic carbocycles. The van der Waals surface area contributed by atoms with Crippen LogP contribution in [0, 0.1) is 0 Å². The molecule has 0 radical (unpaired) electrons. The van der Waals surface area contributed by atoms with Gasteiger partial charge in [-0.15, -0.1) is 5.10 Å². The lowest BCUT2D eigenvalue weighted by Crippen LogP contribution is -2.44. The van der Waals surface area contributed by atoms with Gasteiger partial charge in [0.1, 0.15) is 18.2 Å². The fourth-order valence-electron chi connectivity index (χ4n) is 3.30. The Balaban J connectivity index is 1.79. The summed E-state index contributed by atoms with van der Waals surface area (Å²) < 4.78 is 0. The van der Waals surface area contributed by atoms with Gasteiger partial charge in [-0.2, -0.15) is 5.10 Å². The van der Waals surface area contributed by atoms with Crippen LogP contribution in [0.25, 0.3) is 6.08 Å². The highest BCUT2D eigenvalue weighted by Crippen LogP contribution is 2.23. The van der Waals surface area contributed by atoms with Crippen LogP contribution in [0.4, 0.5) is 11.5 Å². The summed E-state index contributed by atoms with van der Waals surface area (Å²) in [5.74, 6) is 3.90. The van der Waals surface area contributed by atoms with Crippen LogP contribution in [0.1, 0.15) is 21.5 Å². The van der Waals surface area contributed by atoms with Gasteiger partial charge in [-0.3, -0.25) is 14.6 Å². The molecule has 3 rings (SSSR count). The standard InChI is InChI=1S/C26H24ClN7O4/c1-29-31-16-34(28)22-10-9-20(27)14-18(22)8-12-24(35)32-21(13-17-5-3-2-4-6-17)25(36)33-23-11-7-19(15-30-23)26(37)38/h2-12,14-16,21H,1,13,28H2,(H,32,35)(H,37,38)(H,30,33,36)/b12-8+,31-16-/t21-/m0/s1. The van der Waals surface area contributed by atoms with Crippen molar-refractivity contribution in [2.45, 2.75) is 12.5 Å². The number of rotatable bonds is 11. The third kappa shape index (κ3) is 8.08. The minimum absolute atomic E-state index is 0.0225. The van der Waals surface area contributed by atoms with E-state index in [2.05, 4.69) is 32.5 Å². The molecular formula is C26H24ClN7O4. The first-order valence-corrected chi connectivity index (χ1v) is 11.5. The van der Waals surface area contributed by atoms with Crippen molar-refractivity contribution in [1.29, 1.82) is 0 Å². The zero-order chi connectivity index (χ0) is 27.5. The summed E-state index contributed by atoms with van der Waals surface area (Å²) >= 11 is 6.11. The smallest absolute Gasteiger partial charge is 0.337 e. The van der Waals surface area contributed by atoms with E-state index in [4.69, 9.17) is 22.6 Å². The lowest BCUT2D eigenvalue weighted by molar-refractivity contribution is -0.123. The van der Waals surface area contributed by atoms with Gasteiger partial charge in [-0.05, 0) is 42.0 Å². The van der Waals surface area contributed by atoms with Crippen molar-refractivity contribution >= 4 is 60.0 Å². The quantitative estimate of drug-likeness (QED) is 0.0966. The molecule has 2 amide bonds. The van der Waals surface area contributed by atoms with Crippen LogP contribution in [-0.2, 0) is 16.0 Å². The molecular weight excluding hydrogens is 510 g/mol. The van der Waals surface area contributed by atoms with Crippen molar-refractivity contribution in [3.05, 3.63) is 94.6 Å². The predicted molar refractivity (Wildman–Crippen MR) is 147 cm³/mol. The Morgan fingerprint density at radius 3 is 2.58 bits per heavy atom. The maximum absolute atomic E-state index is 13.1. The number of hydrazine groups is 1. The topological polar surface area (TPSA) is 162 Å². The van der Waals surface area contributed by atoms with Crippen molar-refractivity contribution < 1.29 is 19.5 Å². The van der Waals surface area contributed by atoms with Gasteiger partial charge in [0.2, 0.25) is 11.8 Å². The summed E-state index contributed by atoms with van der Waals surface area (Å²) in [5, 5.41) is 22.9. The molecule has 5 N–H and O–H groups in total. The second-order valence-electron chi connectivity index (χ2n) is 7.79. The molecule has 0 saturated heterocycles. The molecule has 3 aromatic rings. The number of benzene rings is 2. The molecule has 0 aliphatic carbocycles. The van der Waals surface area contributed by atoms with Crippen LogP contribution in [-0.4, -0.2) is 47.0 Å². The van der Waals surface area contributed by atoms with Crippen LogP contribution in [0.15, 0.2) is 83.1 Å². The van der Waals surface area contributed by atoms with Gasteiger partial charge in [0.15, 0.2) is 0 Å². The summed E-state index contributed by atoms with van der Waals surface area (Å²) in [6, 6.07) is 15.7. The van der Waals surface area contributed by atoms with Crippen molar-refractivity contribution in [3.63, 3.8) is 0 Å².